The van der Waals surface area contributed by atoms with Gasteiger partial charge in [0, 0.05) is 23.3 Å². The number of ether oxygens (including phenoxy) is 1. The van der Waals surface area contributed by atoms with E-state index in [1.165, 1.54) is 12.8 Å². The summed E-state index contributed by atoms with van der Waals surface area (Å²) in [5.41, 5.74) is 0.816. The van der Waals surface area contributed by atoms with E-state index >= 15 is 0 Å². The van der Waals surface area contributed by atoms with Gasteiger partial charge in [-0.25, -0.2) is 18.1 Å². The Morgan fingerprint density at radius 2 is 2.00 bits per heavy atom. The van der Waals surface area contributed by atoms with Crippen molar-refractivity contribution in [3.63, 3.8) is 0 Å². The van der Waals surface area contributed by atoms with Crippen molar-refractivity contribution < 1.29 is 13.2 Å². The summed E-state index contributed by atoms with van der Waals surface area (Å²) in [7, 11) is -3.56. The van der Waals surface area contributed by atoms with E-state index in [-0.39, 0.29) is 17.5 Å². The molecule has 2 aromatic rings. The van der Waals surface area contributed by atoms with Crippen LogP contribution in [-0.4, -0.2) is 19.5 Å². The van der Waals surface area contributed by atoms with Gasteiger partial charge >= 0.3 is 0 Å². The summed E-state index contributed by atoms with van der Waals surface area (Å²) in [6, 6.07) is 10.2. The summed E-state index contributed by atoms with van der Waals surface area (Å²) in [4.78, 5) is 4.44. The van der Waals surface area contributed by atoms with Crippen LogP contribution in [0.3, 0.4) is 0 Å². The second-order valence-corrected chi connectivity index (χ2v) is 8.49. The molecule has 0 amide bonds. The molecular formula is C17H19BrN2O3S. The molecule has 1 aliphatic carbocycles. The van der Waals surface area contributed by atoms with Crippen LogP contribution in [0.4, 0.5) is 0 Å². The topological polar surface area (TPSA) is 68.3 Å². The van der Waals surface area contributed by atoms with E-state index < -0.39 is 10.0 Å². The van der Waals surface area contributed by atoms with E-state index in [0.717, 1.165) is 22.9 Å². The minimum atomic E-state index is -3.56. The molecule has 3 rings (SSSR count). The SMILES string of the molecule is O=S(=O)(NCc1ccnc(OC2CCCC2)c1)c1cccc(Br)c1. The Balaban J connectivity index is 1.65. The highest BCUT2D eigenvalue weighted by Crippen LogP contribution is 2.23. The van der Waals surface area contributed by atoms with Crippen molar-refractivity contribution in [1.29, 1.82) is 0 Å². The minimum absolute atomic E-state index is 0.193. The average Bonchev–Trinajstić information content (AvgIpc) is 3.06. The van der Waals surface area contributed by atoms with Crippen molar-refractivity contribution >= 4 is 26.0 Å². The Morgan fingerprint density at radius 3 is 2.75 bits per heavy atom. The average molecular weight is 411 g/mol. The molecule has 7 heteroatoms. The Bertz CT molecular complexity index is 805. The third kappa shape index (κ3) is 4.55. The van der Waals surface area contributed by atoms with Crippen LogP contribution in [0.25, 0.3) is 0 Å². The van der Waals surface area contributed by atoms with Crippen LogP contribution in [0.1, 0.15) is 31.2 Å². The fourth-order valence-electron chi connectivity index (χ4n) is 2.70. The maximum atomic E-state index is 12.3. The number of benzene rings is 1. The van der Waals surface area contributed by atoms with Gasteiger partial charge < -0.3 is 4.74 Å². The standard InChI is InChI=1S/C17H19BrN2O3S/c18-14-4-3-7-16(11-14)24(21,22)20-12-13-8-9-19-17(10-13)23-15-5-1-2-6-15/h3-4,7-11,15,20H,1-2,5-6,12H2. The predicted octanol–water partition coefficient (Wildman–Crippen LogP) is 3.64. The first-order valence-corrected chi connectivity index (χ1v) is 10.2. The van der Waals surface area contributed by atoms with E-state index in [0.29, 0.717) is 5.88 Å². The highest BCUT2D eigenvalue weighted by Gasteiger charge is 2.17. The molecule has 1 aromatic heterocycles. The number of aromatic nitrogens is 1. The Labute approximate surface area is 150 Å². The first-order valence-electron chi connectivity index (χ1n) is 7.90. The number of nitrogens with zero attached hydrogens (tertiary/aromatic N) is 1. The normalized spacial score (nSPS) is 15.5. The minimum Gasteiger partial charge on any atom is -0.474 e. The van der Waals surface area contributed by atoms with Crippen LogP contribution in [0, 0.1) is 0 Å². The number of pyridine rings is 1. The largest absolute Gasteiger partial charge is 0.474 e. The Morgan fingerprint density at radius 1 is 1.21 bits per heavy atom. The highest BCUT2D eigenvalue weighted by atomic mass is 79.9. The number of sulfonamides is 1. The molecule has 0 spiro atoms. The van der Waals surface area contributed by atoms with E-state index in [1.807, 2.05) is 0 Å². The van der Waals surface area contributed by atoms with Crippen LogP contribution < -0.4 is 9.46 Å². The van der Waals surface area contributed by atoms with Crippen molar-refractivity contribution in [3.8, 4) is 5.88 Å². The van der Waals surface area contributed by atoms with E-state index in [4.69, 9.17) is 4.74 Å². The molecule has 1 fully saturated rings. The molecule has 128 valence electrons. The Hall–Kier alpha value is -1.44. The lowest BCUT2D eigenvalue weighted by Gasteiger charge is -2.13. The van der Waals surface area contributed by atoms with Crippen LogP contribution >= 0.6 is 15.9 Å². The molecule has 1 saturated carbocycles. The van der Waals surface area contributed by atoms with Crippen molar-refractivity contribution in [3.05, 3.63) is 52.6 Å². The number of nitrogens with one attached hydrogen (secondary N) is 1. The molecular weight excluding hydrogens is 392 g/mol. The zero-order chi connectivity index (χ0) is 17.0. The van der Waals surface area contributed by atoms with E-state index in [9.17, 15) is 8.42 Å². The molecule has 0 saturated heterocycles. The van der Waals surface area contributed by atoms with Crippen LogP contribution in [0.5, 0.6) is 5.88 Å². The molecule has 0 aliphatic heterocycles. The smallest absolute Gasteiger partial charge is 0.240 e. The lowest BCUT2D eigenvalue weighted by atomic mass is 10.2. The summed E-state index contributed by atoms with van der Waals surface area (Å²) in [6.45, 7) is 0.193. The predicted molar refractivity (Wildman–Crippen MR) is 95.3 cm³/mol. The van der Waals surface area contributed by atoms with Gasteiger partial charge in [0.05, 0.1) is 4.90 Å². The van der Waals surface area contributed by atoms with Crippen LogP contribution in [-0.2, 0) is 16.6 Å². The van der Waals surface area contributed by atoms with Gasteiger partial charge in [-0.2, -0.15) is 0 Å². The number of hydrogen-bond acceptors (Lipinski definition) is 4. The van der Waals surface area contributed by atoms with Gasteiger partial charge in [-0.05, 0) is 55.5 Å². The summed E-state index contributed by atoms with van der Waals surface area (Å²) in [5.74, 6) is 0.557. The second kappa shape index (κ2) is 7.63. The second-order valence-electron chi connectivity index (χ2n) is 5.81. The number of hydrogen-bond donors (Lipinski definition) is 1. The van der Waals surface area contributed by atoms with Crippen molar-refractivity contribution in [2.75, 3.05) is 0 Å². The molecule has 0 unspecified atom stereocenters. The maximum absolute atomic E-state index is 12.3. The van der Waals surface area contributed by atoms with Gasteiger partial charge in [-0.1, -0.05) is 22.0 Å². The third-order valence-corrected chi connectivity index (χ3v) is 5.85. The zero-order valence-electron chi connectivity index (χ0n) is 13.1. The zero-order valence-corrected chi connectivity index (χ0v) is 15.5. The molecule has 1 heterocycles. The van der Waals surface area contributed by atoms with E-state index in [1.54, 1.807) is 42.6 Å². The van der Waals surface area contributed by atoms with Gasteiger partial charge in [0.15, 0.2) is 0 Å². The maximum Gasteiger partial charge on any atom is 0.240 e. The van der Waals surface area contributed by atoms with Crippen LogP contribution in [0.15, 0.2) is 52.0 Å². The van der Waals surface area contributed by atoms with Gasteiger partial charge in [-0.15, -0.1) is 0 Å². The lowest BCUT2D eigenvalue weighted by Crippen LogP contribution is -2.23. The summed E-state index contributed by atoms with van der Waals surface area (Å²) < 4.78 is 33.9. The first-order chi connectivity index (χ1) is 11.5. The highest BCUT2D eigenvalue weighted by molar-refractivity contribution is 9.10. The van der Waals surface area contributed by atoms with E-state index in [2.05, 4.69) is 25.6 Å². The molecule has 1 aromatic carbocycles. The van der Waals surface area contributed by atoms with Crippen molar-refractivity contribution in [2.24, 2.45) is 0 Å². The summed E-state index contributed by atoms with van der Waals surface area (Å²) >= 11 is 3.28. The van der Waals surface area contributed by atoms with Crippen molar-refractivity contribution in [1.82, 2.24) is 9.71 Å². The number of rotatable bonds is 6. The van der Waals surface area contributed by atoms with Gasteiger partial charge in [0.2, 0.25) is 15.9 Å². The molecule has 24 heavy (non-hydrogen) atoms. The van der Waals surface area contributed by atoms with Gasteiger partial charge in [0.1, 0.15) is 6.10 Å². The molecule has 1 aliphatic rings. The summed E-state index contributed by atoms with van der Waals surface area (Å²) in [6.07, 6.45) is 6.37. The number of halogens is 1. The molecule has 5 nitrogen and oxygen atoms in total. The molecule has 0 atom stereocenters. The lowest BCUT2D eigenvalue weighted by molar-refractivity contribution is 0.201. The third-order valence-electron chi connectivity index (χ3n) is 3.96. The fraction of sp³-hybridized carbons (Fsp3) is 0.353. The molecule has 0 radical (unpaired) electrons. The monoisotopic (exact) mass is 410 g/mol. The molecule has 0 bridgehead atoms. The van der Waals surface area contributed by atoms with Crippen LogP contribution in [0.2, 0.25) is 0 Å². The van der Waals surface area contributed by atoms with Gasteiger partial charge in [-0.3, -0.25) is 0 Å². The fourth-order valence-corrected chi connectivity index (χ4v) is 4.31. The first kappa shape index (κ1) is 17.4. The van der Waals surface area contributed by atoms with Gasteiger partial charge in [0.25, 0.3) is 0 Å². The quantitative estimate of drug-likeness (QED) is 0.788. The van der Waals surface area contributed by atoms with Crippen molar-refractivity contribution in [2.45, 2.75) is 43.2 Å². The molecule has 1 N–H and O–H groups in total. The summed E-state index contributed by atoms with van der Waals surface area (Å²) in [5, 5.41) is 0. The Kier molecular flexibility index (Phi) is 5.53.